The van der Waals surface area contributed by atoms with Gasteiger partial charge in [0, 0.05) is 23.1 Å². The fourth-order valence-corrected chi connectivity index (χ4v) is 2.80. The molecule has 7 heteroatoms. The fraction of sp³-hybridized carbons (Fsp3) is 0.462. The number of nitrogens with one attached hydrogen (secondary N) is 2. The molecule has 20 heavy (non-hydrogen) atoms. The second-order valence-corrected chi connectivity index (χ2v) is 6.00. The van der Waals surface area contributed by atoms with Crippen molar-refractivity contribution in [3.63, 3.8) is 0 Å². The first-order valence-corrected chi connectivity index (χ1v) is 7.58. The van der Waals surface area contributed by atoms with E-state index in [1.54, 1.807) is 11.3 Å². The van der Waals surface area contributed by atoms with Crippen molar-refractivity contribution in [2.24, 2.45) is 5.84 Å². The van der Waals surface area contributed by atoms with Crippen LogP contribution in [0.2, 0.25) is 0 Å². The van der Waals surface area contributed by atoms with Gasteiger partial charge in [-0.25, -0.2) is 20.8 Å². The highest BCUT2D eigenvalue weighted by Gasteiger charge is 2.27. The Morgan fingerprint density at radius 3 is 2.65 bits per heavy atom. The molecule has 1 fully saturated rings. The third-order valence-corrected chi connectivity index (χ3v) is 4.35. The molecule has 3 rings (SSSR count). The van der Waals surface area contributed by atoms with Crippen molar-refractivity contribution in [1.82, 2.24) is 15.0 Å². The van der Waals surface area contributed by atoms with Gasteiger partial charge < -0.3 is 10.7 Å². The zero-order chi connectivity index (χ0) is 14.1. The molecule has 0 radical (unpaired) electrons. The van der Waals surface area contributed by atoms with Crippen LogP contribution in [0.25, 0.3) is 0 Å². The molecule has 0 saturated heterocycles. The molecular formula is C13H18N6S. The maximum Gasteiger partial charge on any atom is 0.145 e. The fourth-order valence-electron chi connectivity index (χ4n) is 1.99. The molecule has 0 spiro atoms. The molecule has 2 heterocycles. The quantitative estimate of drug-likeness (QED) is 0.579. The lowest BCUT2D eigenvalue weighted by Crippen LogP contribution is -2.13. The van der Waals surface area contributed by atoms with E-state index in [1.165, 1.54) is 0 Å². The molecule has 0 amide bonds. The lowest BCUT2D eigenvalue weighted by molar-refractivity contribution is 0.840. The summed E-state index contributed by atoms with van der Waals surface area (Å²) in [5.41, 5.74) is 3.65. The Bertz CT molecular complexity index is 607. The van der Waals surface area contributed by atoms with Crippen molar-refractivity contribution < 1.29 is 0 Å². The number of hydrogen-bond donors (Lipinski definition) is 3. The van der Waals surface area contributed by atoms with Gasteiger partial charge in [-0.1, -0.05) is 0 Å². The summed E-state index contributed by atoms with van der Waals surface area (Å²) in [7, 11) is 0. The minimum absolute atomic E-state index is 0.112. The maximum atomic E-state index is 5.48. The summed E-state index contributed by atoms with van der Waals surface area (Å²) in [6.45, 7) is 4.08. The molecule has 0 bridgehead atoms. The number of nitrogen functional groups attached to an aromatic ring is 1. The Labute approximate surface area is 121 Å². The van der Waals surface area contributed by atoms with Crippen LogP contribution in [-0.4, -0.2) is 15.0 Å². The first kappa shape index (κ1) is 13.3. The van der Waals surface area contributed by atoms with E-state index in [-0.39, 0.29) is 6.04 Å². The molecular weight excluding hydrogens is 272 g/mol. The predicted octanol–water partition coefficient (Wildman–Crippen LogP) is 2.58. The standard InChI is InChI=1S/C13H18N6S/c1-7-6-20-13(15-7)8(2)16-10-5-11(19-14)18-12(17-10)9-3-4-9/h5-6,8-9H,3-4,14H2,1-2H3,(H2,16,17,18,19). The van der Waals surface area contributed by atoms with Crippen molar-refractivity contribution >= 4 is 23.0 Å². The molecule has 0 aliphatic heterocycles. The van der Waals surface area contributed by atoms with E-state index in [0.29, 0.717) is 11.7 Å². The Morgan fingerprint density at radius 1 is 1.30 bits per heavy atom. The van der Waals surface area contributed by atoms with Crippen molar-refractivity contribution in [1.29, 1.82) is 0 Å². The Hall–Kier alpha value is -1.73. The van der Waals surface area contributed by atoms with E-state index in [9.17, 15) is 0 Å². The maximum absolute atomic E-state index is 5.48. The van der Waals surface area contributed by atoms with Crippen LogP contribution >= 0.6 is 11.3 Å². The zero-order valence-corrected chi connectivity index (χ0v) is 12.4. The molecule has 1 unspecified atom stereocenters. The Balaban J connectivity index is 1.80. The molecule has 2 aromatic rings. The molecule has 2 aromatic heterocycles. The van der Waals surface area contributed by atoms with Gasteiger partial charge in [-0.2, -0.15) is 0 Å². The third kappa shape index (κ3) is 2.88. The van der Waals surface area contributed by atoms with Crippen LogP contribution < -0.4 is 16.6 Å². The summed E-state index contributed by atoms with van der Waals surface area (Å²) in [5, 5.41) is 6.47. The highest BCUT2D eigenvalue weighted by atomic mass is 32.1. The summed E-state index contributed by atoms with van der Waals surface area (Å²) in [5.74, 6) is 8.26. The molecule has 0 aromatic carbocycles. The average Bonchev–Trinajstić information content (AvgIpc) is 3.20. The largest absolute Gasteiger partial charge is 0.361 e. The van der Waals surface area contributed by atoms with Gasteiger partial charge in [-0.05, 0) is 26.7 Å². The number of hydrazine groups is 1. The van der Waals surface area contributed by atoms with E-state index in [0.717, 1.165) is 35.2 Å². The number of aromatic nitrogens is 3. The van der Waals surface area contributed by atoms with Gasteiger partial charge in [0.25, 0.3) is 0 Å². The zero-order valence-electron chi connectivity index (χ0n) is 11.6. The second kappa shape index (κ2) is 5.34. The predicted molar refractivity (Wildman–Crippen MR) is 80.7 cm³/mol. The topological polar surface area (TPSA) is 88.8 Å². The Kier molecular flexibility index (Phi) is 3.54. The molecule has 106 valence electrons. The van der Waals surface area contributed by atoms with Crippen LogP contribution in [0.4, 0.5) is 11.6 Å². The molecule has 1 aliphatic carbocycles. The average molecular weight is 290 g/mol. The molecule has 6 nitrogen and oxygen atoms in total. The minimum Gasteiger partial charge on any atom is -0.361 e. The van der Waals surface area contributed by atoms with Gasteiger partial charge in [-0.3, -0.25) is 0 Å². The van der Waals surface area contributed by atoms with Crippen LogP contribution in [-0.2, 0) is 0 Å². The van der Waals surface area contributed by atoms with E-state index in [4.69, 9.17) is 5.84 Å². The first-order valence-electron chi connectivity index (χ1n) is 6.70. The van der Waals surface area contributed by atoms with Crippen LogP contribution in [0.15, 0.2) is 11.4 Å². The Morgan fingerprint density at radius 2 is 2.05 bits per heavy atom. The van der Waals surface area contributed by atoms with Crippen LogP contribution in [0.5, 0.6) is 0 Å². The summed E-state index contributed by atoms with van der Waals surface area (Å²) in [6.07, 6.45) is 2.32. The normalized spacial score (nSPS) is 15.9. The van der Waals surface area contributed by atoms with Gasteiger partial charge in [0.1, 0.15) is 22.5 Å². The van der Waals surface area contributed by atoms with Gasteiger partial charge in [-0.15, -0.1) is 11.3 Å². The van der Waals surface area contributed by atoms with Gasteiger partial charge in [0.15, 0.2) is 0 Å². The number of rotatable bonds is 5. The summed E-state index contributed by atoms with van der Waals surface area (Å²) in [6, 6.07) is 1.93. The van der Waals surface area contributed by atoms with Crippen LogP contribution in [0.3, 0.4) is 0 Å². The van der Waals surface area contributed by atoms with E-state index in [2.05, 4.69) is 38.0 Å². The van der Waals surface area contributed by atoms with Crippen molar-refractivity contribution in [2.45, 2.75) is 38.6 Å². The van der Waals surface area contributed by atoms with E-state index >= 15 is 0 Å². The van der Waals surface area contributed by atoms with Crippen LogP contribution in [0, 0.1) is 6.92 Å². The van der Waals surface area contributed by atoms with Gasteiger partial charge in [0.2, 0.25) is 0 Å². The number of thiazole rings is 1. The molecule has 1 aliphatic rings. The second-order valence-electron chi connectivity index (χ2n) is 5.11. The van der Waals surface area contributed by atoms with E-state index < -0.39 is 0 Å². The lowest BCUT2D eigenvalue weighted by atomic mass is 10.3. The van der Waals surface area contributed by atoms with Crippen molar-refractivity contribution in [2.75, 3.05) is 10.7 Å². The summed E-state index contributed by atoms with van der Waals surface area (Å²) < 4.78 is 0. The number of nitrogens with two attached hydrogens (primary N) is 1. The number of anilines is 2. The minimum atomic E-state index is 0.112. The molecule has 4 N–H and O–H groups in total. The number of hydrogen-bond acceptors (Lipinski definition) is 7. The van der Waals surface area contributed by atoms with Gasteiger partial charge >= 0.3 is 0 Å². The SMILES string of the molecule is Cc1csc(C(C)Nc2cc(NN)nc(C3CC3)n2)n1. The highest BCUT2D eigenvalue weighted by molar-refractivity contribution is 7.09. The first-order chi connectivity index (χ1) is 9.65. The molecule has 1 atom stereocenters. The third-order valence-electron chi connectivity index (χ3n) is 3.21. The van der Waals surface area contributed by atoms with Crippen molar-refractivity contribution in [3.8, 4) is 0 Å². The highest BCUT2D eigenvalue weighted by Crippen LogP contribution is 2.39. The summed E-state index contributed by atoms with van der Waals surface area (Å²) in [4.78, 5) is 13.5. The smallest absolute Gasteiger partial charge is 0.145 e. The number of aryl methyl sites for hydroxylation is 1. The van der Waals surface area contributed by atoms with Gasteiger partial charge in [0.05, 0.1) is 6.04 Å². The monoisotopic (exact) mass is 290 g/mol. The summed E-state index contributed by atoms with van der Waals surface area (Å²) >= 11 is 1.65. The lowest BCUT2D eigenvalue weighted by Gasteiger charge is -2.13. The van der Waals surface area contributed by atoms with Crippen molar-refractivity contribution in [3.05, 3.63) is 28.0 Å². The van der Waals surface area contributed by atoms with E-state index in [1.807, 2.05) is 13.0 Å². The molecule has 1 saturated carbocycles. The number of nitrogens with zero attached hydrogens (tertiary/aromatic N) is 3. The van der Waals surface area contributed by atoms with Crippen LogP contribution in [0.1, 0.15) is 48.3 Å².